The Morgan fingerprint density at radius 2 is 1.81 bits per heavy atom. The topological polar surface area (TPSA) is 95.2 Å². The van der Waals surface area contributed by atoms with E-state index in [4.69, 9.17) is 4.74 Å². The van der Waals surface area contributed by atoms with Gasteiger partial charge in [0, 0.05) is 17.7 Å². The molecule has 0 saturated carbocycles. The number of carbonyl (C=O) groups is 1. The number of ether oxygens (including phenoxy) is 1. The minimum absolute atomic E-state index is 0.0257. The molecule has 3 rings (SSSR count). The zero-order chi connectivity index (χ0) is 18.7. The quantitative estimate of drug-likeness (QED) is 0.403. The van der Waals surface area contributed by atoms with Crippen molar-refractivity contribution in [3.63, 3.8) is 0 Å². The first-order valence-electron chi connectivity index (χ1n) is 7.82. The first-order chi connectivity index (χ1) is 12.5. The lowest BCUT2D eigenvalue weighted by Crippen LogP contribution is -2.12. The van der Waals surface area contributed by atoms with Crippen LogP contribution in [0.15, 0.2) is 54.6 Å². The predicted octanol–water partition coefficient (Wildman–Crippen LogP) is 3.89. The fourth-order valence-electron chi connectivity index (χ4n) is 2.49. The van der Waals surface area contributed by atoms with E-state index in [1.54, 1.807) is 6.07 Å². The Morgan fingerprint density at radius 1 is 1.04 bits per heavy atom. The van der Waals surface area contributed by atoms with Gasteiger partial charge in [-0.05, 0) is 37.6 Å². The molecule has 7 heteroatoms. The smallest absolute Gasteiger partial charge is 0.351 e. The van der Waals surface area contributed by atoms with Crippen molar-refractivity contribution < 1.29 is 14.5 Å². The molecule has 0 amide bonds. The van der Waals surface area contributed by atoms with Crippen molar-refractivity contribution in [3.8, 4) is 17.1 Å². The van der Waals surface area contributed by atoms with Crippen LogP contribution in [0.2, 0.25) is 0 Å². The van der Waals surface area contributed by atoms with E-state index in [1.165, 1.54) is 30.3 Å². The fourth-order valence-corrected chi connectivity index (χ4v) is 2.49. The molecular formula is C19H15N3O4. The predicted molar refractivity (Wildman–Crippen MR) is 95.0 cm³/mol. The molecule has 2 aromatic carbocycles. The van der Waals surface area contributed by atoms with Crippen LogP contribution in [0.4, 0.5) is 5.69 Å². The number of nitrogens with zero attached hydrogens (tertiary/aromatic N) is 3. The lowest BCUT2D eigenvalue weighted by atomic mass is 10.0. The number of nitro groups is 1. The van der Waals surface area contributed by atoms with E-state index in [0.29, 0.717) is 5.69 Å². The maximum Gasteiger partial charge on any atom is 0.351 e. The second kappa shape index (κ2) is 7.10. The highest BCUT2D eigenvalue weighted by molar-refractivity contribution is 5.95. The number of hydrogen-bond donors (Lipinski definition) is 0. The van der Waals surface area contributed by atoms with Crippen LogP contribution in [-0.4, -0.2) is 21.1 Å². The van der Waals surface area contributed by atoms with Crippen molar-refractivity contribution in [1.29, 1.82) is 0 Å². The molecule has 7 nitrogen and oxygen atoms in total. The van der Waals surface area contributed by atoms with Crippen LogP contribution in [0.1, 0.15) is 21.5 Å². The van der Waals surface area contributed by atoms with E-state index in [9.17, 15) is 14.9 Å². The van der Waals surface area contributed by atoms with Gasteiger partial charge in [-0.1, -0.05) is 29.8 Å². The molecular weight excluding hydrogens is 334 g/mol. The molecule has 0 spiro atoms. The van der Waals surface area contributed by atoms with E-state index >= 15 is 0 Å². The Balaban J connectivity index is 1.83. The monoisotopic (exact) mass is 349 g/mol. The molecule has 130 valence electrons. The number of benzene rings is 2. The highest BCUT2D eigenvalue weighted by atomic mass is 16.6. The van der Waals surface area contributed by atoms with E-state index in [0.717, 1.165) is 16.7 Å². The van der Waals surface area contributed by atoms with Crippen molar-refractivity contribution in [2.45, 2.75) is 13.8 Å². The number of esters is 1. The maximum absolute atomic E-state index is 12.2. The molecule has 1 aromatic heterocycles. The van der Waals surface area contributed by atoms with Crippen molar-refractivity contribution in [2.24, 2.45) is 0 Å². The Hall–Kier alpha value is -3.61. The highest BCUT2D eigenvalue weighted by Crippen LogP contribution is 2.24. The number of aromatic nitrogens is 2. The summed E-state index contributed by atoms with van der Waals surface area (Å²) in [5, 5.41) is 19.0. The van der Waals surface area contributed by atoms with Gasteiger partial charge in [-0.15, -0.1) is 10.2 Å². The largest absolute Gasteiger partial charge is 0.402 e. The zero-order valence-electron chi connectivity index (χ0n) is 14.2. The van der Waals surface area contributed by atoms with Gasteiger partial charge in [-0.3, -0.25) is 10.1 Å². The van der Waals surface area contributed by atoms with Gasteiger partial charge >= 0.3 is 5.97 Å². The minimum atomic E-state index is -0.855. The third-order valence-corrected chi connectivity index (χ3v) is 3.83. The second-order valence-corrected chi connectivity index (χ2v) is 5.74. The molecule has 0 radical (unpaired) electrons. The number of carbonyl (C=O) groups excluding carboxylic acids is 1. The summed E-state index contributed by atoms with van der Waals surface area (Å²) in [6.07, 6.45) is 0. The lowest BCUT2D eigenvalue weighted by molar-refractivity contribution is -0.385. The van der Waals surface area contributed by atoms with Crippen molar-refractivity contribution in [3.05, 3.63) is 81.4 Å². The van der Waals surface area contributed by atoms with Crippen LogP contribution in [0.25, 0.3) is 11.3 Å². The summed E-state index contributed by atoms with van der Waals surface area (Å²) in [5.41, 5.74) is 3.27. The van der Waals surface area contributed by atoms with Crippen LogP contribution in [-0.2, 0) is 0 Å². The molecule has 0 aliphatic rings. The zero-order valence-corrected chi connectivity index (χ0v) is 14.2. The average molecular weight is 349 g/mol. The average Bonchev–Trinajstić information content (AvgIpc) is 2.64. The molecule has 0 N–H and O–H groups in total. The summed E-state index contributed by atoms with van der Waals surface area (Å²) in [5.74, 6) is -0.881. The minimum Gasteiger partial charge on any atom is -0.402 e. The summed E-state index contributed by atoms with van der Waals surface area (Å²) in [7, 11) is 0. The van der Waals surface area contributed by atoms with Crippen LogP contribution >= 0.6 is 0 Å². The molecule has 0 saturated heterocycles. The first kappa shape index (κ1) is 17.2. The van der Waals surface area contributed by atoms with E-state index < -0.39 is 10.9 Å². The molecule has 3 aromatic rings. The maximum atomic E-state index is 12.2. The molecule has 0 aliphatic carbocycles. The summed E-state index contributed by atoms with van der Waals surface area (Å²) in [6.45, 7) is 3.96. The van der Waals surface area contributed by atoms with Gasteiger partial charge in [0.05, 0.1) is 10.6 Å². The summed E-state index contributed by atoms with van der Waals surface area (Å²) in [6, 6.07) is 14.8. The Kier molecular flexibility index (Phi) is 4.70. The molecule has 0 unspecified atom stereocenters. The van der Waals surface area contributed by atoms with Crippen molar-refractivity contribution >= 4 is 11.7 Å². The van der Waals surface area contributed by atoms with E-state index in [2.05, 4.69) is 10.2 Å². The van der Waals surface area contributed by atoms with Gasteiger partial charge < -0.3 is 4.74 Å². The van der Waals surface area contributed by atoms with E-state index in [1.807, 2.05) is 32.0 Å². The second-order valence-electron chi connectivity index (χ2n) is 5.74. The van der Waals surface area contributed by atoms with Gasteiger partial charge in [0.25, 0.3) is 5.69 Å². The van der Waals surface area contributed by atoms with Gasteiger partial charge in [0.15, 0.2) is 0 Å². The van der Waals surface area contributed by atoms with Gasteiger partial charge in [-0.25, -0.2) is 4.79 Å². The fraction of sp³-hybridized carbons (Fsp3) is 0.105. The number of aryl methyl sites for hydroxylation is 2. The van der Waals surface area contributed by atoms with Crippen LogP contribution in [0.3, 0.4) is 0 Å². The number of hydrogen-bond acceptors (Lipinski definition) is 6. The van der Waals surface area contributed by atoms with E-state index in [-0.39, 0.29) is 17.1 Å². The van der Waals surface area contributed by atoms with Crippen LogP contribution in [0, 0.1) is 24.0 Å². The standard InChI is InChI=1S/C19H15N3O4/c1-12-7-8-13(2)15(11-12)16-9-10-18(21-20-16)26-19(23)14-5-3-4-6-17(14)22(24)25/h3-11H,1-2H3. The Morgan fingerprint density at radius 3 is 2.50 bits per heavy atom. The molecule has 0 fully saturated rings. The molecule has 0 bridgehead atoms. The lowest BCUT2D eigenvalue weighted by Gasteiger charge is -2.07. The normalized spacial score (nSPS) is 10.4. The summed E-state index contributed by atoms with van der Waals surface area (Å²) in [4.78, 5) is 22.6. The summed E-state index contributed by atoms with van der Waals surface area (Å²) < 4.78 is 5.12. The Bertz CT molecular complexity index is 984. The SMILES string of the molecule is Cc1ccc(C)c(-c2ccc(OC(=O)c3ccccc3[N+](=O)[O-])nn2)c1. The van der Waals surface area contributed by atoms with Crippen molar-refractivity contribution in [2.75, 3.05) is 0 Å². The van der Waals surface area contributed by atoms with Gasteiger partial charge in [0.2, 0.25) is 5.88 Å². The molecule has 1 heterocycles. The van der Waals surface area contributed by atoms with Gasteiger partial charge in [-0.2, -0.15) is 0 Å². The first-order valence-corrected chi connectivity index (χ1v) is 7.82. The third kappa shape index (κ3) is 3.56. The van der Waals surface area contributed by atoms with Crippen LogP contribution < -0.4 is 4.74 Å². The van der Waals surface area contributed by atoms with Crippen LogP contribution in [0.5, 0.6) is 5.88 Å². The highest BCUT2D eigenvalue weighted by Gasteiger charge is 2.21. The molecule has 0 atom stereocenters. The number of nitro benzene ring substituents is 1. The number of rotatable bonds is 4. The molecule has 0 aliphatic heterocycles. The third-order valence-electron chi connectivity index (χ3n) is 3.83. The number of para-hydroxylation sites is 1. The summed E-state index contributed by atoms with van der Waals surface area (Å²) >= 11 is 0. The Labute approximate surface area is 149 Å². The van der Waals surface area contributed by atoms with Gasteiger partial charge in [0.1, 0.15) is 5.56 Å². The molecule has 26 heavy (non-hydrogen) atoms. The van der Waals surface area contributed by atoms with Crippen molar-refractivity contribution in [1.82, 2.24) is 10.2 Å².